The van der Waals surface area contributed by atoms with Crippen LogP contribution in [0, 0.1) is 0 Å². The number of alkyl halides is 1. The molecule has 0 aliphatic carbocycles. The third-order valence-corrected chi connectivity index (χ3v) is 2.84. The molecule has 1 aliphatic heterocycles. The number of oxazole rings is 1. The lowest BCUT2D eigenvalue weighted by molar-refractivity contribution is 0.103. The summed E-state index contributed by atoms with van der Waals surface area (Å²) in [6, 6.07) is 0. The van der Waals surface area contributed by atoms with Crippen molar-refractivity contribution in [3.05, 3.63) is 17.8 Å². The van der Waals surface area contributed by atoms with Crippen molar-refractivity contribution in [1.29, 1.82) is 0 Å². The van der Waals surface area contributed by atoms with Gasteiger partial charge in [-0.1, -0.05) is 0 Å². The van der Waals surface area contributed by atoms with Crippen LogP contribution in [0.25, 0.3) is 0 Å². The lowest BCUT2D eigenvalue weighted by atomic mass is 10.1. The SMILES string of the molecule is CC(Cl)c1ncc(CCC2CCCO2)o1. The molecule has 1 fully saturated rings. The zero-order valence-corrected chi connectivity index (χ0v) is 9.67. The van der Waals surface area contributed by atoms with E-state index in [1.807, 2.05) is 6.92 Å². The molecule has 3 nitrogen and oxygen atoms in total. The molecule has 2 heterocycles. The van der Waals surface area contributed by atoms with E-state index in [4.69, 9.17) is 20.8 Å². The molecule has 0 radical (unpaired) electrons. The van der Waals surface area contributed by atoms with Gasteiger partial charge < -0.3 is 9.15 Å². The van der Waals surface area contributed by atoms with Crippen molar-refractivity contribution in [2.75, 3.05) is 6.61 Å². The predicted octanol–water partition coefficient (Wildman–Crippen LogP) is 3.09. The van der Waals surface area contributed by atoms with E-state index in [-0.39, 0.29) is 5.38 Å². The number of ether oxygens (including phenoxy) is 1. The maximum Gasteiger partial charge on any atom is 0.212 e. The fourth-order valence-corrected chi connectivity index (χ4v) is 1.90. The number of hydrogen-bond acceptors (Lipinski definition) is 3. The van der Waals surface area contributed by atoms with Gasteiger partial charge in [0.15, 0.2) is 0 Å². The second-order valence-electron chi connectivity index (χ2n) is 3.95. The van der Waals surface area contributed by atoms with Crippen LogP contribution in [0.15, 0.2) is 10.6 Å². The molecule has 84 valence electrons. The average Bonchev–Trinajstić information content (AvgIpc) is 2.86. The van der Waals surface area contributed by atoms with Crippen LogP contribution in [0.3, 0.4) is 0 Å². The van der Waals surface area contributed by atoms with Crippen LogP contribution in [0.2, 0.25) is 0 Å². The van der Waals surface area contributed by atoms with Gasteiger partial charge in [-0.25, -0.2) is 4.98 Å². The largest absolute Gasteiger partial charge is 0.444 e. The van der Waals surface area contributed by atoms with E-state index in [1.54, 1.807) is 6.20 Å². The van der Waals surface area contributed by atoms with Crippen LogP contribution >= 0.6 is 11.6 Å². The molecule has 1 aromatic heterocycles. The highest BCUT2D eigenvalue weighted by Crippen LogP contribution is 2.21. The Hall–Kier alpha value is -0.540. The molecule has 2 rings (SSSR count). The molecule has 2 atom stereocenters. The summed E-state index contributed by atoms with van der Waals surface area (Å²) in [5, 5.41) is -0.151. The minimum atomic E-state index is -0.151. The van der Waals surface area contributed by atoms with Crippen molar-refractivity contribution in [2.45, 2.75) is 44.1 Å². The first-order valence-electron chi connectivity index (χ1n) is 5.46. The van der Waals surface area contributed by atoms with Gasteiger partial charge in [0.05, 0.1) is 12.3 Å². The number of hydrogen-bond donors (Lipinski definition) is 0. The fourth-order valence-electron chi connectivity index (χ4n) is 1.80. The van der Waals surface area contributed by atoms with Crippen LogP contribution in [0.5, 0.6) is 0 Å². The smallest absolute Gasteiger partial charge is 0.212 e. The van der Waals surface area contributed by atoms with Gasteiger partial charge in [0.25, 0.3) is 0 Å². The molecule has 0 amide bonds. The van der Waals surface area contributed by atoms with Crippen molar-refractivity contribution in [3.63, 3.8) is 0 Å². The molecule has 1 aromatic rings. The summed E-state index contributed by atoms with van der Waals surface area (Å²) in [4.78, 5) is 4.12. The van der Waals surface area contributed by atoms with Crippen LogP contribution in [0.4, 0.5) is 0 Å². The van der Waals surface area contributed by atoms with Crippen LogP contribution in [-0.2, 0) is 11.2 Å². The third-order valence-electron chi connectivity index (χ3n) is 2.65. The number of aryl methyl sites for hydroxylation is 1. The molecule has 2 unspecified atom stereocenters. The van der Waals surface area contributed by atoms with E-state index in [1.165, 1.54) is 12.8 Å². The molecule has 1 aliphatic rings. The lowest BCUT2D eigenvalue weighted by Crippen LogP contribution is -2.05. The molecular formula is C11H16ClNO2. The van der Waals surface area contributed by atoms with Gasteiger partial charge in [-0.3, -0.25) is 0 Å². The molecule has 4 heteroatoms. The van der Waals surface area contributed by atoms with E-state index in [9.17, 15) is 0 Å². The van der Waals surface area contributed by atoms with Crippen LogP contribution in [-0.4, -0.2) is 17.7 Å². The molecule has 0 bridgehead atoms. The van der Waals surface area contributed by atoms with Gasteiger partial charge in [0.1, 0.15) is 11.1 Å². The Balaban J connectivity index is 1.82. The first-order chi connectivity index (χ1) is 7.25. The van der Waals surface area contributed by atoms with E-state index in [0.717, 1.165) is 25.2 Å². The number of aromatic nitrogens is 1. The van der Waals surface area contributed by atoms with Gasteiger partial charge in [0.2, 0.25) is 5.89 Å². The molecular weight excluding hydrogens is 214 g/mol. The second-order valence-corrected chi connectivity index (χ2v) is 4.61. The second kappa shape index (κ2) is 4.99. The highest BCUT2D eigenvalue weighted by Gasteiger charge is 2.16. The summed E-state index contributed by atoms with van der Waals surface area (Å²) in [6.45, 7) is 2.77. The van der Waals surface area contributed by atoms with Gasteiger partial charge in [-0.15, -0.1) is 11.6 Å². The van der Waals surface area contributed by atoms with E-state index in [2.05, 4.69) is 4.98 Å². The Morgan fingerprint density at radius 3 is 3.13 bits per heavy atom. The van der Waals surface area contributed by atoms with E-state index < -0.39 is 0 Å². The van der Waals surface area contributed by atoms with Gasteiger partial charge in [0, 0.05) is 13.0 Å². The summed E-state index contributed by atoms with van der Waals surface area (Å²) in [7, 11) is 0. The monoisotopic (exact) mass is 229 g/mol. The fraction of sp³-hybridized carbons (Fsp3) is 0.727. The summed E-state index contributed by atoms with van der Waals surface area (Å²) in [6.07, 6.45) is 6.44. The van der Waals surface area contributed by atoms with E-state index in [0.29, 0.717) is 12.0 Å². The normalized spacial score (nSPS) is 23.2. The Labute approximate surface area is 94.8 Å². The predicted molar refractivity (Wildman–Crippen MR) is 58.1 cm³/mol. The van der Waals surface area contributed by atoms with Crippen LogP contribution < -0.4 is 0 Å². The highest BCUT2D eigenvalue weighted by molar-refractivity contribution is 6.20. The molecule has 1 saturated heterocycles. The van der Waals surface area contributed by atoms with Crippen molar-refractivity contribution in [1.82, 2.24) is 4.98 Å². The summed E-state index contributed by atoms with van der Waals surface area (Å²) in [5.74, 6) is 1.52. The van der Waals surface area contributed by atoms with Crippen molar-refractivity contribution >= 4 is 11.6 Å². The Morgan fingerprint density at radius 1 is 1.67 bits per heavy atom. The summed E-state index contributed by atoms with van der Waals surface area (Å²) >= 11 is 5.86. The van der Waals surface area contributed by atoms with Crippen LogP contribution in [0.1, 0.15) is 43.2 Å². The standard InChI is InChI=1S/C11H16ClNO2/c1-8(12)11-13-7-10(15-11)5-4-9-3-2-6-14-9/h7-9H,2-6H2,1H3. The molecule has 0 saturated carbocycles. The summed E-state index contributed by atoms with van der Waals surface area (Å²) < 4.78 is 11.0. The van der Waals surface area contributed by atoms with Gasteiger partial charge >= 0.3 is 0 Å². The Morgan fingerprint density at radius 2 is 2.53 bits per heavy atom. The zero-order chi connectivity index (χ0) is 10.7. The van der Waals surface area contributed by atoms with Gasteiger partial charge in [-0.2, -0.15) is 0 Å². The minimum Gasteiger partial charge on any atom is -0.444 e. The summed E-state index contributed by atoms with van der Waals surface area (Å²) in [5.41, 5.74) is 0. The number of rotatable bonds is 4. The number of halogens is 1. The van der Waals surface area contributed by atoms with E-state index >= 15 is 0 Å². The minimum absolute atomic E-state index is 0.151. The zero-order valence-electron chi connectivity index (χ0n) is 8.91. The molecule has 0 N–H and O–H groups in total. The maximum absolute atomic E-state index is 5.86. The number of nitrogens with zero attached hydrogens (tertiary/aromatic N) is 1. The van der Waals surface area contributed by atoms with Crippen molar-refractivity contribution in [2.24, 2.45) is 0 Å². The highest BCUT2D eigenvalue weighted by atomic mass is 35.5. The molecule has 0 spiro atoms. The molecule has 15 heavy (non-hydrogen) atoms. The Bertz CT molecular complexity index is 305. The lowest BCUT2D eigenvalue weighted by Gasteiger charge is -2.06. The Kier molecular flexibility index (Phi) is 3.65. The van der Waals surface area contributed by atoms with Crippen molar-refractivity contribution < 1.29 is 9.15 Å². The topological polar surface area (TPSA) is 35.3 Å². The quantitative estimate of drug-likeness (QED) is 0.745. The molecule has 0 aromatic carbocycles. The average molecular weight is 230 g/mol. The van der Waals surface area contributed by atoms with Gasteiger partial charge in [-0.05, 0) is 26.2 Å². The first kappa shape index (κ1) is 11.0. The maximum atomic E-state index is 5.86. The third kappa shape index (κ3) is 2.95. The first-order valence-corrected chi connectivity index (χ1v) is 5.89. The van der Waals surface area contributed by atoms with Crippen molar-refractivity contribution in [3.8, 4) is 0 Å².